The minimum absolute atomic E-state index is 0.618. The molecule has 0 aliphatic carbocycles. The quantitative estimate of drug-likeness (QED) is 0.496. The van der Waals surface area contributed by atoms with Gasteiger partial charge in [0.25, 0.3) is 5.19 Å². The maximum Gasteiger partial charge on any atom is 0.279 e. The lowest BCUT2D eigenvalue weighted by molar-refractivity contribution is 0.480. The molecule has 0 saturated heterocycles. The fourth-order valence-corrected chi connectivity index (χ4v) is 2.74. The Morgan fingerprint density at radius 1 is 1.20 bits per heavy atom. The number of ether oxygens (including phenoxy) is 1. The molecular weight excluding hydrogens is 288 g/mol. The van der Waals surface area contributed by atoms with E-state index in [1.807, 2.05) is 49.4 Å². The summed E-state index contributed by atoms with van der Waals surface area (Å²) in [7, 11) is 0. The Labute approximate surface area is 125 Å². The van der Waals surface area contributed by atoms with Gasteiger partial charge >= 0.3 is 0 Å². The van der Waals surface area contributed by atoms with Crippen LogP contribution >= 0.6 is 23.6 Å². The molecule has 1 heterocycles. The summed E-state index contributed by atoms with van der Waals surface area (Å²) >= 11 is 6.09. The number of rotatable bonds is 3. The van der Waals surface area contributed by atoms with Crippen LogP contribution in [0.25, 0.3) is 10.2 Å². The van der Waals surface area contributed by atoms with Crippen LogP contribution in [0, 0.1) is 6.92 Å². The highest BCUT2D eigenvalue weighted by Crippen LogP contribution is 2.33. The molecule has 3 aromatic rings. The Hall–Kier alpha value is -2.07. The monoisotopic (exact) mass is 298 g/mol. The van der Waals surface area contributed by atoms with Gasteiger partial charge in [0.05, 0.1) is 21.1 Å². The highest BCUT2D eigenvalue weighted by atomic mass is 32.1. The van der Waals surface area contributed by atoms with Gasteiger partial charge in [0.15, 0.2) is 0 Å². The highest BCUT2D eigenvalue weighted by molar-refractivity contribution is 7.78. The third kappa shape index (κ3) is 2.75. The Balaban J connectivity index is 1.92. The van der Waals surface area contributed by atoms with Gasteiger partial charge in [-0.25, -0.2) is 4.98 Å². The first-order valence-corrected chi connectivity index (χ1v) is 7.20. The van der Waals surface area contributed by atoms with Crippen LogP contribution in [0.1, 0.15) is 5.56 Å². The molecule has 0 amide bonds. The first kappa shape index (κ1) is 12.9. The largest absolute Gasteiger partial charge is 0.431 e. The van der Waals surface area contributed by atoms with E-state index in [1.165, 1.54) is 16.9 Å². The van der Waals surface area contributed by atoms with Crippen molar-refractivity contribution in [1.29, 1.82) is 0 Å². The summed E-state index contributed by atoms with van der Waals surface area (Å²) in [6, 6.07) is 13.6. The molecule has 5 heteroatoms. The number of aryl methyl sites for hydroxylation is 1. The molecule has 20 heavy (non-hydrogen) atoms. The fourth-order valence-electron chi connectivity index (χ4n) is 1.77. The number of thiazole rings is 1. The molecule has 3 rings (SSSR count). The van der Waals surface area contributed by atoms with Crippen molar-refractivity contribution in [1.82, 2.24) is 4.98 Å². The Morgan fingerprint density at radius 2 is 2.00 bits per heavy atom. The van der Waals surface area contributed by atoms with Crippen LogP contribution in [0.5, 0.6) is 10.9 Å². The summed E-state index contributed by atoms with van der Waals surface area (Å²) in [5.74, 6) is 0.784. The van der Waals surface area contributed by atoms with Crippen LogP contribution < -0.4 is 4.74 Å². The van der Waals surface area contributed by atoms with Gasteiger partial charge in [-0.15, -0.1) is 0 Å². The predicted molar refractivity (Wildman–Crippen MR) is 85.6 cm³/mol. The number of nitrogens with zero attached hydrogens (tertiary/aromatic N) is 2. The normalized spacial score (nSPS) is 10.2. The molecule has 98 valence electrons. The molecule has 3 nitrogen and oxygen atoms in total. The fraction of sp³-hybridized carbons (Fsp3) is 0.0667. The van der Waals surface area contributed by atoms with Gasteiger partial charge in [-0.3, -0.25) is 0 Å². The van der Waals surface area contributed by atoms with Crippen LogP contribution in [0.15, 0.2) is 47.5 Å². The summed E-state index contributed by atoms with van der Waals surface area (Å²) in [5, 5.41) is 2.98. The molecule has 0 unspecified atom stereocenters. The second kappa shape index (κ2) is 5.51. The lowest BCUT2D eigenvalue weighted by Gasteiger charge is -2.00. The van der Waals surface area contributed by atoms with Crippen molar-refractivity contribution < 1.29 is 4.74 Å². The predicted octanol–water partition coefficient (Wildman–Crippen LogP) is 5.13. The van der Waals surface area contributed by atoms with E-state index in [-0.39, 0.29) is 0 Å². The summed E-state index contributed by atoms with van der Waals surface area (Å²) < 4.78 is 6.77. The van der Waals surface area contributed by atoms with Crippen molar-refractivity contribution in [3.8, 4) is 10.9 Å². The third-order valence-electron chi connectivity index (χ3n) is 2.75. The first-order chi connectivity index (χ1) is 9.74. The number of fused-ring (bicyclic) bond motifs is 1. The minimum Gasteiger partial charge on any atom is -0.431 e. The third-order valence-corrected chi connectivity index (χ3v) is 3.74. The van der Waals surface area contributed by atoms with Crippen molar-refractivity contribution in [3.63, 3.8) is 0 Å². The molecular formula is C15H10N2OS2. The maximum absolute atomic E-state index is 5.76. The lowest BCUT2D eigenvalue weighted by Crippen LogP contribution is -1.82. The van der Waals surface area contributed by atoms with Gasteiger partial charge in [0.1, 0.15) is 5.75 Å². The molecule has 0 aliphatic rings. The van der Waals surface area contributed by atoms with Crippen molar-refractivity contribution >= 4 is 44.6 Å². The van der Waals surface area contributed by atoms with Crippen LogP contribution in [-0.2, 0) is 0 Å². The highest BCUT2D eigenvalue weighted by Gasteiger charge is 2.06. The van der Waals surface area contributed by atoms with E-state index in [9.17, 15) is 0 Å². The molecule has 0 atom stereocenters. The second-order valence-corrected chi connectivity index (χ2v) is 5.43. The first-order valence-electron chi connectivity index (χ1n) is 5.97. The Bertz CT molecular complexity index is 802. The zero-order valence-corrected chi connectivity index (χ0v) is 12.3. The number of hydrogen-bond acceptors (Lipinski definition) is 5. The SMILES string of the molecule is Cc1ccc(Oc2nc3ccc(N=C=S)cc3s2)cc1. The van der Waals surface area contributed by atoms with Gasteiger partial charge < -0.3 is 4.74 Å². The van der Waals surface area contributed by atoms with Crippen molar-refractivity contribution in [2.45, 2.75) is 6.92 Å². The standard InChI is InChI=1S/C15H10N2OS2/c1-10-2-5-12(6-3-10)18-15-17-13-7-4-11(16-9-19)8-14(13)20-15/h2-8H,1H3. The van der Waals surface area contributed by atoms with Crippen LogP contribution in [0.4, 0.5) is 5.69 Å². The van der Waals surface area contributed by atoms with Gasteiger partial charge in [0.2, 0.25) is 0 Å². The van der Waals surface area contributed by atoms with E-state index < -0.39 is 0 Å². The summed E-state index contributed by atoms with van der Waals surface area (Å²) in [5.41, 5.74) is 2.86. The molecule has 0 aliphatic heterocycles. The molecule has 0 N–H and O–H groups in total. The number of hydrogen-bond donors (Lipinski definition) is 0. The number of thiocarbonyl (C=S) groups is 1. The van der Waals surface area contributed by atoms with Crippen LogP contribution in [0.3, 0.4) is 0 Å². The van der Waals surface area contributed by atoms with Gasteiger partial charge in [-0.1, -0.05) is 29.0 Å². The Morgan fingerprint density at radius 3 is 2.75 bits per heavy atom. The van der Waals surface area contributed by atoms with E-state index in [1.54, 1.807) is 0 Å². The van der Waals surface area contributed by atoms with Crippen molar-refractivity contribution in [3.05, 3.63) is 48.0 Å². The van der Waals surface area contributed by atoms with E-state index in [0.717, 1.165) is 21.7 Å². The van der Waals surface area contributed by atoms with E-state index in [4.69, 9.17) is 4.74 Å². The summed E-state index contributed by atoms with van der Waals surface area (Å²) in [4.78, 5) is 8.40. The number of aliphatic imine (C=N–C) groups is 1. The summed E-state index contributed by atoms with van der Waals surface area (Å²) in [6.07, 6.45) is 0. The van der Waals surface area contributed by atoms with Crippen LogP contribution in [0.2, 0.25) is 0 Å². The van der Waals surface area contributed by atoms with E-state index in [0.29, 0.717) is 5.19 Å². The molecule has 0 saturated carbocycles. The molecule has 0 bridgehead atoms. The number of aromatic nitrogens is 1. The molecule has 2 aromatic carbocycles. The smallest absolute Gasteiger partial charge is 0.279 e. The summed E-state index contributed by atoms with van der Waals surface area (Å²) in [6.45, 7) is 2.04. The van der Waals surface area contributed by atoms with Gasteiger partial charge in [-0.05, 0) is 49.5 Å². The molecule has 0 fully saturated rings. The molecule has 1 aromatic heterocycles. The molecule has 0 radical (unpaired) electrons. The molecule has 0 spiro atoms. The van der Waals surface area contributed by atoms with E-state index in [2.05, 4.69) is 27.4 Å². The average molecular weight is 298 g/mol. The maximum atomic E-state index is 5.76. The number of benzene rings is 2. The van der Waals surface area contributed by atoms with Crippen molar-refractivity contribution in [2.24, 2.45) is 4.99 Å². The average Bonchev–Trinajstić information content (AvgIpc) is 2.83. The topological polar surface area (TPSA) is 34.5 Å². The Kier molecular flexibility index (Phi) is 3.56. The van der Waals surface area contributed by atoms with Gasteiger partial charge in [-0.2, -0.15) is 4.99 Å². The van der Waals surface area contributed by atoms with Crippen LogP contribution in [-0.4, -0.2) is 10.1 Å². The van der Waals surface area contributed by atoms with Crippen molar-refractivity contribution in [2.75, 3.05) is 0 Å². The zero-order chi connectivity index (χ0) is 13.9. The lowest BCUT2D eigenvalue weighted by atomic mass is 10.2. The van der Waals surface area contributed by atoms with Gasteiger partial charge in [0, 0.05) is 0 Å². The number of isothiocyanates is 1. The van der Waals surface area contributed by atoms with E-state index >= 15 is 0 Å². The minimum atomic E-state index is 0.618. The zero-order valence-electron chi connectivity index (χ0n) is 10.7. The second-order valence-electron chi connectivity index (χ2n) is 4.25.